The molecule has 0 aliphatic heterocycles. The van der Waals surface area contributed by atoms with Gasteiger partial charge in [-0.1, -0.05) is 65.6 Å². The number of nitrogens with zero attached hydrogens (tertiary/aromatic N) is 1. The lowest BCUT2D eigenvalue weighted by molar-refractivity contribution is -0.118. The summed E-state index contributed by atoms with van der Waals surface area (Å²) in [5, 5.41) is 6.49. The van der Waals surface area contributed by atoms with E-state index in [1.807, 2.05) is 37.3 Å². The van der Waals surface area contributed by atoms with Gasteiger partial charge in [-0.2, -0.15) is 0 Å². The molecule has 0 fully saturated rings. The normalized spacial score (nSPS) is 10.8. The van der Waals surface area contributed by atoms with E-state index in [0.717, 1.165) is 5.56 Å². The number of hydrogen-bond acceptors (Lipinski definition) is 7. The lowest BCUT2D eigenvalue weighted by Gasteiger charge is -2.05. The number of anilines is 1. The zero-order chi connectivity index (χ0) is 22.5. The number of nitrogens with one attached hydrogen (secondary N) is 2. The number of fused-ring (bicyclic) bond motifs is 1. The molecule has 0 spiro atoms. The second kappa shape index (κ2) is 9.80. The highest BCUT2D eigenvalue weighted by Gasteiger charge is 2.19. The van der Waals surface area contributed by atoms with Gasteiger partial charge in [0.2, 0.25) is 5.91 Å². The average molecular weight is 466 g/mol. The van der Waals surface area contributed by atoms with Crippen molar-refractivity contribution < 1.29 is 14.0 Å². The van der Waals surface area contributed by atoms with Crippen LogP contribution in [-0.2, 0) is 4.79 Å². The lowest BCUT2D eigenvalue weighted by Crippen LogP contribution is -2.24. The molecule has 0 saturated heterocycles. The Balaban J connectivity index is 1.63. The first kappa shape index (κ1) is 21.8. The Labute approximate surface area is 191 Å². The number of hydrogen-bond donors (Lipinski definition) is 2. The number of carbonyl (C=O) groups is 2. The molecule has 7 nitrogen and oxygen atoms in total. The molecule has 4 rings (SSSR count). The minimum atomic E-state index is -0.547. The van der Waals surface area contributed by atoms with Gasteiger partial charge in [0.1, 0.15) is 16.3 Å². The Morgan fingerprint density at radius 1 is 1.09 bits per heavy atom. The number of para-hydroxylation sites is 1. The van der Waals surface area contributed by atoms with Crippen molar-refractivity contribution in [1.82, 2.24) is 10.3 Å². The maximum absolute atomic E-state index is 12.9. The van der Waals surface area contributed by atoms with Crippen LogP contribution in [0.3, 0.4) is 0 Å². The van der Waals surface area contributed by atoms with E-state index in [1.54, 1.807) is 24.3 Å². The fourth-order valence-corrected chi connectivity index (χ4v) is 4.89. The molecule has 0 aliphatic carbocycles. The third-order valence-corrected chi connectivity index (χ3v) is 6.55. The maximum Gasteiger partial charge on any atom is 0.292 e. The van der Waals surface area contributed by atoms with Gasteiger partial charge in [0.15, 0.2) is 15.5 Å². The van der Waals surface area contributed by atoms with E-state index in [9.17, 15) is 14.4 Å². The van der Waals surface area contributed by atoms with Crippen molar-refractivity contribution >= 4 is 50.9 Å². The van der Waals surface area contributed by atoms with E-state index in [4.69, 9.17) is 4.42 Å². The van der Waals surface area contributed by atoms with Gasteiger partial charge in [-0.15, -0.1) is 0 Å². The Hall–Kier alpha value is -3.43. The highest BCUT2D eigenvalue weighted by Crippen LogP contribution is 2.37. The van der Waals surface area contributed by atoms with Crippen molar-refractivity contribution in [2.24, 2.45) is 0 Å². The summed E-state index contributed by atoms with van der Waals surface area (Å²) in [6, 6.07) is 17.4. The summed E-state index contributed by atoms with van der Waals surface area (Å²) in [4.78, 5) is 41.7. The van der Waals surface area contributed by atoms with Gasteiger partial charge in [0, 0.05) is 18.2 Å². The number of rotatable bonds is 7. The molecule has 0 saturated carbocycles. The minimum absolute atomic E-state index is 0.0855. The third kappa shape index (κ3) is 4.90. The standard InChI is InChI=1S/C23H19N3O4S2/c1-2-24-19(28)13-31-23-25-20(14-8-4-3-5-9-14)22(32-23)26-21(29)18-12-16(27)15-10-6-7-11-17(15)30-18/h3-12H,2,13H2,1H3,(H,24,28)(H,26,29). The Bertz CT molecular complexity index is 1330. The monoisotopic (exact) mass is 465 g/mol. The molecule has 2 aromatic heterocycles. The maximum atomic E-state index is 12.9. The summed E-state index contributed by atoms with van der Waals surface area (Å²) in [7, 11) is 0. The number of amides is 2. The fourth-order valence-electron chi connectivity index (χ4n) is 2.99. The predicted octanol–water partition coefficient (Wildman–Crippen LogP) is 4.40. The van der Waals surface area contributed by atoms with Crippen LogP contribution in [0.2, 0.25) is 0 Å². The highest BCUT2D eigenvalue weighted by molar-refractivity contribution is 8.01. The van der Waals surface area contributed by atoms with E-state index < -0.39 is 5.91 Å². The molecule has 0 atom stereocenters. The van der Waals surface area contributed by atoms with E-state index in [2.05, 4.69) is 15.6 Å². The minimum Gasteiger partial charge on any atom is -0.451 e. The molecule has 9 heteroatoms. The first-order valence-corrected chi connectivity index (χ1v) is 11.7. The van der Waals surface area contributed by atoms with Crippen LogP contribution >= 0.6 is 23.1 Å². The summed E-state index contributed by atoms with van der Waals surface area (Å²) in [6.45, 7) is 2.42. The second-order valence-corrected chi connectivity index (χ2v) is 8.91. The Kier molecular flexibility index (Phi) is 6.67. The molecule has 32 heavy (non-hydrogen) atoms. The van der Waals surface area contributed by atoms with Crippen molar-refractivity contribution in [2.45, 2.75) is 11.3 Å². The van der Waals surface area contributed by atoms with Crippen molar-refractivity contribution in [3.8, 4) is 11.3 Å². The van der Waals surface area contributed by atoms with E-state index in [1.165, 1.54) is 29.2 Å². The van der Waals surface area contributed by atoms with Crippen LogP contribution < -0.4 is 16.1 Å². The van der Waals surface area contributed by atoms with Crippen LogP contribution in [-0.4, -0.2) is 29.1 Å². The predicted molar refractivity (Wildman–Crippen MR) is 127 cm³/mol. The van der Waals surface area contributed by atoms with Gasteiger partial charge in [0.25, 0.3) is 5.91 Å². The SMILES string of the molecule is CCNC(=O)CSc1nc(-c2ccccc2)c(NC(=O)c2cc(=O)c3ccccc3o2)s1. The van der Waals surface area contributed by atoms with E-state index in [-0.39, 0.29) is 22.8 Å². The quantitative estimate of drug-likeness (QED) is 0.393. The first-order valence-electron chi connectivity index (χ1n) is 9.85. The van der Waals surface area contributed by atoms with Gasteiger partial charge >= 0.3 is 0 Å². The van der Waals surface area contributed by atoms with E-state index in [0.29, 0.717) is 32.5 Å². The van der Waals surface area contributed by atoms with Crippen LogP contribution in [0, 0.1) is 0 Å². The zero-order valence-electron chi connectivity index (χ0n) is 17.1. The van der Waals surface area contributed by atoms with Gasteiger partial charge in [-0.05, 0) is 19.1 Å². The van der Waals surface area contributed by atoms with Gasteiger partial charge in [-0.3, -0.25) is 14.4 Å². The van der Waals surface area contributed by atoms with Crippen LogP contribution in [0.5, 0.6) is 0 Å². The van der Waals surface area contributed by atoms with Crippen LogP contribution in [0.1, 0.15) is 17.5 Å². The number of aromatic nitrogens is 1. The molecule has 0 unspecified atom stereocenters. The molecule has 162 valence electrons. The zero-order valence-corrected chi connectivity index (χ0v) is 18.7. The second-order valence-electron chi connectivity index (χ2n) is 6.69. The van der Waals surface area contributed by atoms with Crippen LogP contribution in [0.15, 0.2) is 74.2 Å². The molecule has 4 aromatic rings. The fraction of sp³-hybridized carbons (Fsp3) is 0.130. The molecule has 2 N–H and O–H groups in total. The number of thioether (sulfide) groups is 1. The Morgan fingerprint density at radius 2 is 1.84 bits per heavy atom. The number of benzene rings is 2. The Morgan fingerprint density at radius 3 is 2.62 bits per heavy atom. The van der Waals surface area contributed by atoms with Gasteiger partial charge in [-0.25, -0.2) is 4.98 Å². The third-order valence-electron chi connectivity index (χ3n) is 4.44. The largest absolute Gasteiger partial charge is 0.451 e. The molecule has 0 aliphatic rings. The molecule has 2 amide bonds. The van der Waals surface area contributed by atoms with Crippen LogP contribution in [0.25, 0.3) is 22.2 Å². The summed E-state index contributed by atoms with van der Waals surface area (Å²) < 4.78 is 6.29. The highest BCUT2D eigenvalue weighted by atomic mass is 32.2. The molecule has 2 aromatic carbocycles. The first-order chi connectivity index (χ1) is 15.5. The number of carbonyl (C=O) groups excluding carboxylic acids is 2. The van der Waals surface area contributed by atoms with Crippen molar-refractivity contribution in [2.75, 3.05) is 17.6 Å². The molecule has 2 heterocycles. The van der Waals surface area contributed by atoms with Crippen molar-refractivity contribution in [3.05, 3.63) is 76.6 Å². The summed E-state index contributed by atoms with van der Waals surface area (Å²) in [6.07, 6.45) is 0. The van der Waals surface area contributed by atoms with Gasteiger partial charge < -0.3 is 15.1 Å². The average Bonchev–Trinajstić information content (AvgIpc) is 3.21. The molecular weight excluding hydrogens is 446 g/mol. The van der Waals surface area contributed by atoms with Crippen molar-refractivity contribution in [1.29, 1.82) is 0 Å². The van der Waals surface area contributed by atoms with Crippen molar-refractivity contribution in [3.63, 3.8) is 0 Å². The summed E-state index contributed by atoms with van der Waals surface area (Å²) in [5.41, 5.74) is 1.47. The van der Waals surface area contributed by atoms with Gasteiger partial charge in [0.05, 0.1) is 11.1 Å². The molecular formula is C23H19N3O4S2. The molecule has 0 bridgehead atoms. The lowest BCUT2D eigenvalue weighted by atomic mass is 10.1. The smallest absolute Gasteiger partial charge is 0.292 e. The summed E-state index contributed by atoms with van der Waals surface area (Å²) in [5.74, 6) is -0.494. The summed E-state index contributed by atoms with van der Waals surface area (Å²) >= 11 is 2.56. The van der Waals surface area contributed by atoms with Crippen LogP contribution in [0.4, 0.5) is 5.00 Å². The molecule has 0 radical (unpaired) electrons. The van der Waals surface area contributed by atoms with E-state index >= 15 is 0 Å². The number of thiazole rings is 1. The topological polar surface area (TPSA) is 101 Å².